The number of hydrogen-bond acceptors (Lipinski definition) is 4. The van der Waals surface area contributed by atoms with Crippen molar-refractivity contribution < 1.29 is 14.7 Å². The van der Waals surface area contributed by atoms with Crippen LogP contribution in [0.3, 0.4) is 0 Å². The fourth-order valence-electron chi connectivity index (χ4n) is 0.944. The lowest BCUT2D eigenvalue weighted by Gasteiger charge is -2.11. The Morgan fingerprint density at radius 1 is 1.31 bits per heavy atom. The van der Waals surface area contributed by atoms with Crippen molar-refractivity contribution >= 4 is 23.7 Å². The molecule has 0 saturated heterocycles. The summed E-state index contributed by atoms with van der Waals surface area (Å²) in [5.74, 6) is -0.0832. The topological polar surface area (TPSA) is 78.4 Å². The molecule has 0 saturated carbocycles. The third-order valence-electron chi connectivity index (χ3n) is 1.71. The van der Waals surface area contributed by atoms with Gasteiger partial charge in [-0.25, -0.2) is 4.79 Å². The Balaban J connectivity index is 3.70. The molecule has 0 fully saturated rings. The van der Waals surface area contributed by atoms with Crippen LogP contribution in [0.25, 0.3) is 0 Å². The highest BCUT2D eigenvalue weighted by Crippen LogP contribution is 2.12. The summed E-state index contributed by atoms with van der Waals surface area (Å²) < 4.78 is 0. The van der Waals surface area contributed by atoms with Crippen LogP contribution in [-0.2, 0) is 4.79 Å². The van der Waals surface area contributed by atoms with E-state index in [1.54, 1.807) is 0 Å². The second-order valence-corrected chi connectivity index (χ2v) is 5.24. The number of carbonyl (C=O) groups is 2. The Morgan fingerprint density at radius 3 is 2.44 bits per heavy atom. The van der Waals surface area contributed by atoms with Gasteiger partial charge in [0.2, 0.25) is 5.91 Å². The number of aliphatic hydroxyl groups is 1. The molecule has 0 aromatic rings. The Labute approximate surface area is 100 Å². The van der Waals surface area contributed by atoms with E-state index in [0.29, 0.717) is 6.42 Å². The van der Waals surface area contributed by atoms with Crippen molar-refractivity contribution in [1.29, 1.82) is 0 Å². The number of rotatable bonds is 6. The summed E-state index contributed by atoms with van der Waals surface area (Å²) in [5, 5.41) is 13.7. The Kier molecular flexibility index (Phi) is 8.01. The largest absolute Gasteiger partial charge is 0.396 e. The minimum absolute atomic E-state index is 0.00812. The van der Waals surface area contributed by atoms with Crippen molar-refractivity contribution in [1.82, 2.24) is 10.6 Å². The van der Waals surface area contributed by atoms with E-state index >= 15 is 0 Å². The molecule has 0 aliphatic rings. The summed E-state index contributed by atoms with van der Waals surface area (Å²) in [7, 11) is 0. The fourth-order valence-corrected chi connectivity index (χ4v) is 1.72. The molecular formula is C10H20N2O3S. The second kappa shape index (κ2) is 8.41. The molecule has 0 aromatic carbocycles. The maximum atomic E-state index is 11.3. The number of carbonyl (C=O) groups excluding carboxylic acids is 2. The molecule has 0 aliphatic heterocycles. The van der Waals surface area contributed by atoms with E-state index in [1.165, 1.54) is 11.8 Å². The summed E-state index contributed by atoms with van der Waals surface area (Å²) in [5.41, 5.74) is 0. The van der Waals surface area contributed by atoms with Crippen molar-refractivity contribution in [2.75, 3.05) is 12.4 Å². The quantitative estimate of drug-likeness (QED) is 0.647. The molecule has 0 aliphatic carbocycles. The van der Waals surface area contributed by atoms with E-state index < -0.39 is 6.03 Å². The zero-order valence-electron chi connectivity index (χ0n) is 9.95. The van der Waals surface area contributed by atoms with Gasteiger partial charge in [0.25, 0.3) is 0 Å². The van der Waals surface area contributed by atoms with Crippen LogP contribution >= 0.6 is 11.8 Å². The van der Waals surface area contributed by atoms with Crippen LogP contribution < -0.4 is 10.6 Å². The first-order chi connectivity index (χ1) is 7.45. The van der Waals surface area contributed by atoms with E-state index in [0.717, 1.165) is 0 Å². The van der Waals surface area contributed by atoms with Crippen molar-refractivity contribution in [3.8, 4) is 0 Å². The molecule has 0 radical (unpaired) electrons. The van der Waals surface area contributed by atoms with Gasteiger partial charge in [0.1, 0.15) is 0 Å². The molecule has 3 N–H and O–H groups in total. The van der Waals surface area contributed by atoms with Gasteiger partial charge in [0.05, 0.1) is 5.75 Å². The van der Waals surface area contributed by atoms with Crippen LogP contribution in [0.4, 0.5) is 4.79 Å². The molecule has 1 unspecified atom stereocenters. The van der Waals surface area contributed by atoms with Gasteiger partial charge < -0.3 is 10.4 Å². The van der Waals surface area contributed by atoms with Crippen LogP contribution in [0, 0.1) is 0 Å². The molecule has 3 amide bonds. The molecule has 0 spiro atoms. The van der Waals surface area contributed by atoms with Crippen LogP contribution in [0.15, 0.2) is 0 Å². The van der Waals surface area contributed by atoms with Gasteiger partial charge in [-0.3, -0.25) is 10.1 Å². The molecular weight excluding hydrogens is 228 g/mol. The molecule has 1 atom stereocenters. The van der Waals surface area contributed by atoms with Crippen molar-refractivity contribution in [2.24, 2.45) is 0 Å². The molecule has 5 nitrogen and oxygen atoms in total. The number of thioether (sulfide) groups is 1. The lowest BCUT2D eigenvalue weighted by atomic mass is 10.3. The Hall–Kier alpha value is -0.750. The lowest BCUT2D eigenvalue weighted by molar-refractivity contribution is -0.117. The number of hydrogen-bond donors (Lipinski definition) is 3. The lowest BCUT2D eigenvalue weighted by Crippen LogP contribution is -2.43. The first kappa shape index (κ1) is 15.2. The molecule has 94 valence electrons. The SMILES string of the molecule is CC(C)NC(=O)NC(=O)CSC(C)CCO. The van der Waals surface area contributed by atoms with Gasteiger partial charge in [0, 0.05) is 17.9 Å². The smallest absolute Gasteiger partial charge is 0.321 e. The van der Waals surface area contributed by atoms with Crippen LogP contribution in [0.1, 0.15) is 27.2 Å². The van der Waals surface area contributed by atoms with Gasteiger partial charge in [-0.2, -0.15) is 0 Å². The summed E-state index contributed by atoms with van der Waals surface area (Å²) in [6.07, 6.45) is 0.649. The second-order valence-electron chi connectivity index (χ2n) is 3.81. The normalized spacial score (nSPS) is 12.3. The highest BCUT2D eigenvalue weighted by atomic mass is 32.2. The van der Waals surface area contributed by atoms with Crippen LogP contribution in [0.5, 0.6) is 0 Å². The third kappa shape index (κ3) is 8.55. The molecule has 0 rings (SSSR count). The molecule has 0 heterocycles. The van der Waals surface area contributed by atoms with Gasteiger partial charge >= 0.3 is 6.03 Å². The average molecular weight is 248 g/mol. The molecule has 6 heteroatoms. The van der Waals surface area contributed by atoms with Gasteiger partial charge in [-0.1, -0.05) is 6.92 Å². The van der Waals surface area contributed by atoms with E-state index in [-0.39, 0.29) is 29.6 Å². The summed E-state index contributed by atoms with van der Waals surface area (Å²) in [4.78, 5) is 22.4. The number of amides is 3. The van der Waals surface area contributed by atoms with Gasteiger partial charge in [0.15, 0.2) is 0 Å². The first-order valence-corrected chi connectivity index (χ1v) is 6.33. The maximum Gasteiger partial charge on any atom is 0.321 e. The first-order valence-electron chi connectivity index (χ1n) is 5.28. The van der Waals surface area contributed by atoms with Crippen molar-refractivity contribution in [3.63, 3.8) is 0 Å². The molecule has 0 aromatic heterocycles. The number of urea groups is 1. The summed E-state index contributed by atoms with van der Waals surface area (Å²) >= 11 is 1.42. The Morgan fingerprint density at radius 2 is 1.94 bits per heavy atom. The zero-order chi connectivity index (χ0) is 12.6. The summed E-state index contributed by atoms with van der Waals surface area (Å²) in [6.45, 7) is 5.69. The standard InChI is InChI=1S/C10H20N2O3S/c1-7(2)11-10(15)12-9(14)6-16-8(3)4-5-13/h7-8,13H,4-6H2,1-3H3,(H2,11,12,14,15). The van der Waals surface area contributed by atoms with E-state index in [1.807, 2.05) is 20.8 Å². The van der Waals surface area contributed by atoms with Gasteiger partial charge in [-0.15, -0.1) is 11.8 Å². The fraction of sp³-hybridized carbons (Fsp3) is 0.800. The maximum absolute atomic E-state index is 11.3. The van der Waals surface area contributed by atoms with Gasteiger partial charge in [-0.05, 0) is 20.3 Å². The third-order valence-corrected chi connectivity index (χ3v) is 2.94. The van der Waals surface area contributed by atoms with Crippen molar-refractivity contribution in [2.45, 2.75) is 38.5 Å². The predicted molar refractivity (Wildman–Crippen MR) is 65.4 cm³/mol. The zero-order valence-corrected chi connectivity index (χ0v) is 10.8. The number of aliphatic hydroxyl groups excluding tert-OH is 1. The van der Waals surface area contributed by atoms with Crippen molar-refractivity contribution in [3.05, 3.63) is 0 Å². The molecule has 16 heavy (non-hydrogen) atoms. The van der Waals surface area contributed by atoms with E-state index in [9.17, 15) is 9.59 Å². The molecule has 0 bridgehead atoms. The summed E-state index contributed by atoms with van der Waals surface area (Å²) in [6, 6.07) is -0.454. The predicted octanol–water partition coefficient (Wildman–Crippen LogP) is 0.725. The number of nitrogens with one attached hydrogen (secondary N) is 2. The van der Waals surface area contributed by atoms with E-state index in [4.69, 9.17) is 5.11 Å². The highest BCUT2D eigenvalue weighted by Gasteiger charge is 2.10. The monoisotopic (exact) mass is 248 g/mol. The minimum atomic E-state index is -0.463. The average Bonchev–Trinajstić information content (AvgIpc) is 2.13. The Bertz CT molecular complexity index is 234. The van der Waals surface area contributed by atoms with Crippen LogP contribution in [-0.4, -0.2) is 40.7 Å². The van der Waals surface area contributed by atoms with E-state index in [2.05, 4.69) is 10.6 Å². The highest BCUT2D eigenvalue weighted by molar-refractivity contribution is 8.00. The minimum Gasteiger partial charge on any atom is -0.396 e. The number of imide groups is 1. The van der Waals surface area contributed by atoms with Crippen LogP contribution in [0.2, 0.25) is 0 Å².